The van der Waals surface area contributed by atoms with Gasteiger partial charge in [-0.1, -0.05) is 36.4 Å². The number of amides is 2. The molecular weight excluding hydrogens is 406 g/mol. The minimum atomic E-state index is -0.384. The van der Waals surface area contributed by atoms with Gasteiger partial charge >= 0.3 is 0 Å². The monoisotopic (exact) mass is 433 g/mol. The van der Waals surface area contributed by atoms with Crippen LogP contribution in [0.25, 0.3) is 10.8 Å². The van der Waals surface area contributed by atoms with Gasteiger partial charge in [0.2, 0.25) is 5.91 Å². The lowest BCUT2D eigenvalue weighted by atomic mass is 10.1. The normalized spacial score (nSPS) is 13.9. The van der Waals surface area contributed by atoms with Crippen molar-refractivity contribution in [2.24, 2.45) is 0 Å². The predicted octanol–water partition coefficient (Wildman–Crippen LogP) is 1.89. The Kier molecular flexibility index (Phi) is 6.49. The van der Waals surface area contributed by atoms with E-state index in [4.69, 9.17) is 0 Å². The number of nitrogens with zero attached hydrogens (tertiary/aromatic N) is 4. The van der Waals surface area contributed by atoms with E-state index in [1.807, 2.05) is 23.1 Å². The molecule has 1 fully saturated rings. The van der Waals surface area contributed by atoms with Crippen LogP contribution in [0.5, 0.6) is 0 Å². The van der Waals surface area contributed by atoms with E-state index in [-0.39, 0.29) is 36.0 Å². The van der Waals surface area contributed by atoms with E-state index in [2.05, 4.69) is 27.4 Å². The van der Waals surface area contributed by atoms with Gasteiger partial charge in [-0.05, 0) is 25.1 Å². The third kappa shape index (κ3) is 4.49. The van der Waals surface area contributed by atoms with Gasteiger partial charge in [-0.3, -0.25) is 14.4 Å². The lowest BCUT2D eigenvalue weighted by molar-refractivity contribution is -0.131. The minimum absolute atomic E-state index is 0.0226. The summed E-state index contributed by atoms with van der Waals surface area (Å²) in [7, 11) is 0. The zero-order valence-corrected chi connectivity index (χ0v) is 18.2. The minimum Gasteiger partial charge on any atom is -0.368 e. The van der Waals surface area contributed by atoms with Crippen molar-refractivity contribution < 1.29 is 9.59 Å². The van der Waals surface area contributed by atoms with Crippen LogP contribution in [0.4, 0.5) is 5.69 Å². The first kappa shape index (κ1) is 21.5. The van der Waals surface area contributed by atoms with Crippen LogP contribution in [-0.4, -0.2) is 59.2 Å². The van der Waals surface area contributed by atoms with Crippen molar-refractivity contribution in [2.45, 2.75) is 19.9 Å². The molecule has 32 heavy (non-hydrogen) atoms. The number of piperazine rings is 1. The van der Waals surface area contributed by atoms with Gasteiger partial charge in [-0.15, -0.1) is 0 Å². The highest BCUT2D eigenvalue weighted by Gasteiger charge is 2.22. The second-order valence-electron chi connectivity index (χ2n) is 7.72. The molecule has 0 aliphatic carbocycles. The fraction of sp³-hybridized carbons (Fsp3) is 0.333. The van der Waals surface area contributed by atoms with Crippen molar-refractivity contribution in [1.29, 1.82) is 0 Å². The molecule has 4 rings (SSSR count). The Balaban J connectivity index is 1.33. The van der Waals surface area contributed by atoms with Gasteiger partial charge in [0.25, 0.3) is 11.5 Å². The molecule has 0 spiro atoms. The van der Waals surface area contributed by atoms with Crippen LogP contribution in [-0.2, 0) is 11.3 Å². The van der Waals surface area contributed by atoms with Crippen LogP contribution in [0.1, 0.15) is 23.8 Å². The zero-order chi connectivity index (χ0) is 22.5. The molecule has 0 unspecified atom stereocenters. The van der Waals surface area contributed by atoms with Gasteiger partial charge in [-0.2, -0.15) is 5.10 Å². The Hall–Kier alpha value is -3.68. The van der Waals surface area contributed by atoms with Gasteiger partial charge in [0, 0.05) is 56.8 Å². The molecule has 2 heterocycles. The number of hydrogen-bond donors (Lipinski definition) is 1. The number of anilines is 1. The van der Waals surface area contributed by atoms with Crippen LogP contribution < -0.4 is 15.8 Å². The summed E-state index contributed by atoms with van der Waals surface area (Å²) in [5.41, 5.74) is 1.15. The number of aryl methyl sites for hydroxylation is 1. The van der Waals surface area contributed by atoms with Crippen molar-refractivity contribution in [3.63, 3.8) is 0 Å². The molecule has 2 aromatic carbocycles. The highest BCUT2D eigenvalue weighted by atomic mass is 16.2. The van der Waals surface area contributed by atoms with Gasteiger partial charge in [0.05, 0.1) is 5.39 Å². The molecule has 8 nitrogen and oxygen atoms in total. The SMILES string of the molecule is CCn1nc(C(=O)NCCC(=O)N2CCN(c3ccccc3)CC2)c2ccccc2c1=O. The summed E-state index contributed by atoms with van der Waals surface area (Å²) in [6.45, 7) is 5.30. The molecule has 3 aromatic rings. The summed E-state index contributed by atoms with van der Waals surface area (Å²) in [6, 6.07) is 17.1. The van der Waals surface area contributed by atoms with E-state index in [1.54, 1.807) is 31.2 Å². The molecule has 2 amide bonds. The molecule has 1 aromatic heterocycles. The molecule has 1 aliphatic heterocycles. The van der Waals surface area contributed by atoms with E-state index < -0.39 is 0 Å². The highest BCUT2D eigenvalue weighted by Crippen LogP contribution is 2.16. The summed E-state index contributed by atoms with van der Waals surface area (Å²) in [4.78, 5) is 41.9. The standard InChI is InChI=1S/C24H27N5O3/c1-2-29-24(32)20-11-7-6-10-19(20)22(26-29)23(31)25-13-12-21(30)28-16-14-27(15-17-28)18-8-4-3-5-9-18/h3-11H,2,12-17H2,1H3,(H,25,31). The number of benzene rings is 2. The van der Waals surface area contributed by atoms with Crippen molar-refractivity contribution in [3.8, 4) is 0 Å². The van der Waals surface area contributed by atoms with Gasteiger partial charge < -0.3 is 15.1 Å². The number of fused-ring (bicyclic) bond motifs is 1. The fourth-order valence-corrected chi connectivity index (χ4v) is 3.99. The Morgan fingerprint density at radius 1 is 0.938 bits per heavy atom. The van der Waals surface area contributed by atoms with Gasteiger partial charge in [0.15, 0.2) is 5.69 Å². The van der Waals surface area contributed by atoms with E-state index in [1.165, 1.54) is 10.4 Å². The van der Waals surface area contributed by atoms with Crippen LogP contribution in [0.2, 0.25) is 0 Å². The average Bonchev–Trinajstić information content (AvgIpc) is 2.85. The molecule has 0 radical (unpaired) electrons. The van der Waals surface area contributed by atoms with Crippen LogP contribution in [0.3, 0.4) is 0 Å². The quantitative estimate of drug-likeness (QED) is 0.641. The van der Waals surface area contributed by atoms with Crippen molar-refractivity contribution >= 4 is 28.3 Å². The van der Waals surface area contributed by atoms with Crippen LogP contribution in [0, 0.1) is 0 Å². The first-order valence-electron chi connectivity index (χ1n) is 10.9. The fourth-order valence-electron chi connectivity index (χ4n) is 3.99. The molecule has 1 N–H and O–H groups in total. The molecule has 166 valence electrons. The molecule has 0 atom stereocenters. The van der Waals surface area contributed by atoms with Crippen molar-refractivity contribution in [3.05, 3.63) is 70.6 Å². The Labute approximate surface area is 186 Å². The van der Waals surface area contributed by atoms with Crippen molar-refractivity contribution in [2.75, 3.05) is 37.6 Å². The van der Waals surface area contributed by atoms with E-state index >= 15 is 0 Å². The van der Waals surface area contributed by atoms with Crippen molar-refractivity contribution in [1.82, 2.24) is 20.0 Å². The van der Waals surface area contributed by atoms with Gasteiger partial charge in [0.1, 0.15) is 0 Å². The summed E-state index contributed by atoms with van der Waals surface area (Å²) in [6.07, 6.45) is 0.225. The molecule has 0 bridgehead atoms. The smallest absolute Gasteiger partial charge is 0.274 e. The number of para-hydroxylation sites is 1. The maximum Gasteiger partial charge on any atom is 0.274 e. The number of hydrogen-bond acceptors (Lipinski definition) is 5. The Bertz CT molecular complexity index is 1170. The number of carbonyl (C=O) groups excluding carboxylic acids is 2. The molecule has 1 saturated heterocycles. The summed E-state index contributed by atoms with van der Waals surface area (Å²) >= 11 is 0. The number of aromatic nitrogens is 2. The largest absolute Gasteiger partial charge is 0.368 e. The number of nitrogens with one attached hydrogen (secondary N) is 1. The Morgan fingerprint density at radius 3 is 2.28 bits per heavy atom. The van der Waals surface area contributed by atoms with Crippen LogP contribution >= 0.6 is 0 Å². The Morgan fingerprint density at radius 2 is 1.59 bits per heavy atom. The van der Waals surface area contributed by atoms with E-state index in [9.17, 15) is 14.4 Å². The van der Waals surface area contributed by atoms with E-state index in [0.29, 0.717) is 30.4 Å². The predicted molar refractivity (Wildman–Crippen MR) is 124 cm³/mol. The average molecular weight is 434 g/mol. The maximum absolute atomic E-state index is 12.8. The first-order chi connectivity index (χ1) is 15.6. The second kappa shape index (κ2) is 9.64. The summed E-state index contributed by atoms with van der Waals surface area (Å²) < 4.78 is 1.29. The maximum atomic E-state index is 12.8. The van der Waals surface area contributed by atoms with E-state index in [0.717, 1.165) is 13.1 Å². The third-order valence-electron chi connectivity index (χ3n) is 5.76. The van der Waals surface area contributed by atoms with Gasteiger partial charge in [-0.25, -0.2) is 4.68 Å². The highest BCUT2D eigenvalue weighted by molar-refractivity contribution is 6.04. The topological polar surface area (TPSA) is 87.5 Å². The first-order valence-corrected chi connectivity index (χ1v) is 10.9. The molecule has 0 saturated carbocycles. The summed E-state index contributed by atoms with van der Waals surface area (Å²) in [5, 5.41) is 8.00. The molecular formula is C24H27N5O3. The number of carbonyl (C=O) groups is 2. The summed E-state index contributed by atoms with van der Waals surface area (Å²) in [5.74, 6) is -0.362. The van der Waals surface area contributed by atoms with Crippen LogP contribution in [0.15, 0.2) is 59.4 Å². The number of rotatable bonds is 6. The third-order valence-corrected chi connectivity index (χ3v) is 5.76. The molecule has 8 heteroatoms. The molecule has 1 aliphatic rings. The lowest BCUT2D eigenvalue weighted by Crippen LogP contribution is -2.49. The second-order valence-corrected chi connectivity index (χ2v) is 7.72. The zero-order valence-electron chi connectivity index (χ0n) is 18.2. The lowest BCUT2D eigenvalue weighted by Gasteiger charge is -2.36.